The predicted molar refractivity (Wildman–Crippen MR) is 153 cm³/mol. The lowest BCUT2D eigenvalue weighted by Gasteiger charge is -2.47. The Hall–Kier alpha value is -3.55. The van der Waals surface area contributed by atoms with Crippen LogP contribution in [0.4, 0.5) is 4.39 Å². The molecule has 214 valence electrons. The quantitative estimate of drug-likeness (QED) is 0.393. The number of halogens is 1. The van der Waals surface area contributed by atoms with E-state index in [9.17, 15) is 18.8 Å². The van der Waals surface area contributed by atoms with Gasteiger partial charge in [0.1, 0.15) is 17.2 Å². The lowest BCUT2D eigenvalue weighted by molar-refractivity contribution is -0.137. The van der Waals surface area contributed by atoms with Gasteiger partial charge in [0.05, 0.1) is 12.5 Å². The topological polar surface area (TPSA) is 99.1 Å². The molecule has 2 aliphatic rings. The second kappa shape index (κ2) is 11.9. The van der Waals surface area contributed by atoms with Crippen LogP contribution in [-0.2, 0) is 9.59 Å². The lowest BCUT2D eigenvalue weighted by Crippen LogP contribution is -2.51. The first-order valence-electron chi connectivity index (χ1n) is 14.2. The van der Waals surface area contributed by atoms with Gasteiger partial charge in [-0.3, -0.25) is 19.4 Å². The molecule has 0 radical (unpaired) electrons. The van der Waals surface area contributed by atoms with Crippen LogP contribution in [0, 0.1) is 17.2 Å². The van der Waals surface area contributed by atoms with Gasteiger partial charge in [-0.1, -0.05) is 58.4 Å². The van der Waals surface area contributed by atoms with Crippen molar-refractivity contribution in [2.45, 2.75) is 84.3 Å². The Labute approximate surface area is 235 Å². The molecule has 1 heterocycles. The van der Waals surface area contributed by atoms with Gasteiger partial charge in [0.15, 0.2) is 0 Å². The first-order valence-corrected chi connectivity index (χ1v) is 14.2. The van der Waals surface area contributed by atoms with E-state index in [1.54, 1.807) is 24.3 Å². The van der Waals surface area contributed by atoms with E-state index in [-0.39, 0.29) is 36.2 Å². The number of hydrogen-bond acceptors (Lipinski definition) is 4. The lowest BCUT2D eigenvalue weighted by atomic mass is 9.69. The largest absolute Gasteiger partial charge is 0.481 e. The molecule has 0 aromatic heterocycles. The van der Waals surface area contributed by atoms with Crippen LogP contribution in [0.2, 0.25) is 0 Å². The smallest absolute Gasteiger partial charge is 0.305 e. The summed E-state index contributed by atoms with van der Waals surface area (Å²) in [6.45, 7) is 8.90. The molecule has 2 amide bonds. The number of carboxylic acid groups (broad SMARTS) is 1. The molecular formula is C32H40FN3O4. The van der Waals surface area contributed by atoms with Gasteiger partial charge in [-0.15, -0.1) is 0 Å². The zero-order chi connectivity index (χ0) is 29.1. The number of benzene rings is 2. The summed E-state index contributed by atoms with van der Waals surface area (Å²) in [5.41, 5.74) is 1.60. The highest BCUT2D eigenvalue weighted by atomic mass is 19.1. The molecule has 1 aliphatic carbocycles. The summed E-state index contributed by atoms with van der Waals surface area (Å²) in [6, 6.07) is 13.0. The molecular weight excluding hydrogens is 509 g/mol. The third kappa shape index (κ3) is 6.26. The van der Waals surface area contributed by atoms with Gasteiger partial charge in [-0.05, 0) is 73.3 Å². The first kappa shape index (κ1) is 29.4. The molecule has 0 saturated heterocycles. The molecule has 1 atom stereocenters. The number of hydrogen-bond donors (Lipinski definition) is 2. The number of carbonyl (C=O) groups excluding carboxylic acids is 2. The normalized spacial score (nSPS) is 21.8. The van der Waals surface area contributed by atoms with E-state index in [4.69, 9.17) is 10.1 Å². The molecule has 0 bridgehead atoms. The van der Waals surface area contributed by atoms with E-state index in [1.165, 1.54) is 12.1 Å². The maximum absolute atomic E-state index is 14.2. The third-order valence-corrected chi connectivity index (χ3v) is 8.35. The Morgan fingerprint density at radius 1 is 1.15 bits per heavy atom. The van der Waals surface area contributed by atoms with Crippen LogP contribution in [-0.4, -0.2) is 45.7 Å². The number of rotatable bonds is 9. The van der Waals surface area contributed by atoms with Gasteiger partial charge in [0, 0.05) is 17.7 Å². The summed E-state index contributed by atoms with van der Waals surface area (Å²) >= 11 is 0. The van der Waals surface area contributed by atoms with Crippen molar-refractivity contribution < 1.29 is 23.9 Å². The summed E-state index contributed by atoms with van der Waals surface area (Å²) in [5, 5.41) is 11.4. The van der Waals surface area contributed by atoms with E-state index >= 15 is 0 Å². The fourth-order valence-corrected chi connectivity index (χ4v) is 6.13. The number of carbonyl (C=O) groups is 3. The van der Waals surface area contributed by atoms with Crippen molar-refractivity contribution in [2.75, 3.05) is 6.54 Å². The highest BCUT2D eigenvalue weighted by Crippen LogP contribution is 2.49. The minimum Gasteiger partial charge on any atom is -0.481 e. The monoisotopic (exact) mass is 549 g/mol. The molecule has 1 aliphatic heterocycles. The van der Waals surface area contributed by atoms with Crippen LogP contribution in [0.3, 0.4) is 0 Å². The molecule has 1 spiro atoms. The molecule has 0 unspecified atom stereocenters. The highest BCUT2D eigenvalue weighted by molar-refractivity contribution is 6.46. The molecule has 2 aromatic rings. The van der Waals surface area contributed by atoms with E-state index < -0.39 is 17.4 Å². The molecule has 1 fully saturated rings. The zero-order valence-corrected chi connectivity index (χ0v) is 23.9. The molecule has 2 aromatic carbocycles. The van der Waals surface area contributed by atoms with Crippen molar-refractivity contribution in [3.05, 3.63) is 71.0 Å². The summed E-state index contributed by atoms with van der Waals surface area (Å²) in [7, 11) is 0. The molecule has 2 N–H and O–H groups in total. The van der Waals surface area contributed by atoms with Crippen LogP contribution < -0.4 is 5.32 Å². The van der Waals surface area contributed by atoms with Gasteiger partial charge < -0.3 is 15.3 Å². The van der Waals surface area contributed by atoms with Crippen LogP contribution in [0.15, 0.2) is 53.5 Å². The predicted octanol–water partition coefficient (Wildman–Crippen LogP) is 6.14. The van der Waals surface area contributed by atoms with Crippen molar-refractivity contribution in [3.8, 4) is 0 Å². The van der Waals surface area contributed by atoms with Gasteiger partial charge in [0.2, 0.25) is 0 Å². The Kier molecular flexibility index (Phi) is 8.76. The SMILES string of the molecule is CCC[C@H](c1ccc(C(=O)NCCC(=O)O)cc1)N1C(=O)C(c2cccc(F)c2)=NC12CCC(C(C)(C)C)CC2. The minimum atomic E-state index is -0.973. The van der Waals surface area contributed by atoms with Crippen LogP contribution in [0.1, 0.15) is 100 Å². The van der Waals surface area contributed by atoms with Crippen molar-refractivity contribution in [2.24, 2.45) is 16.3 Å². The van der Waals surface area contributed by atoms with E-state index in [1.807, 2.05) is 17.0 Å². The Balaban J connectivity index is 1.67. The number of aliphatic carboxylic acids is 1. The molecule has 4 rings (SSSR count). The average molecular weight is 550 g/mol. The number of carboxylic acids is 1. The average Bonchev–Trinajstić information content (AvgIpc) is 3.18. The van der Waals surface area contributed by atoms with Gasteiger partial charge in [-0.2, -0.15) is 0 Å². The Morgan fingerprint density at radius 3 is 2.40 bits per heavy atom. The van der Waals surface area contributed by atoms with Crippen molar-refractivity contribution in [3.63, 3.8) is 0 Å². The Morgan fingerprint density at radius 2 is 1.82 bits per heavy atom. The number of nitrogens with one attached hydrogen (secondary N) is 1. The summed E-state index contributed by atoms with van der Waals surface area (Å²) < 4.78 is 14.2. The third-order valence-electron chi connectivity index (χ3n) is 8.35. The maximum Gasteiger partial charge on any atom is 0.305 e. The summed E-state index contributed by atoms with van der Waals surface area (Å²) in [6.07, 6.45) is 4.77. The first-order chi connectivity index (χ1) is 18.9. The van der Waals surface area contributed by atoms with E-state index in [0.29, 0.717) is 29.2 Å². The highest BCUT2D eigenvalue weighted by Gasteiger charge is 2.52. The second-order valence-electron chi connectivity index (χ2n) is 12.1. The second-order valence-corrected chi connectivity index (χ2v) is 12.1. The van der Waals surface area contributed by atoms with E-state index in [0.717, 1.165) is 37.7 Å². The standard InChI is InChI=1S/C32H40FN3O4/c1-5-7-26(21-10-12-22(13-11-21)29(39)34-19-16-27(37)38)36-30(40)28(23-8-6-9-25(33)20-23)35-32(36)17-14-24(15-18-32)31(2,3)4/h6,8-13,20,24,26H,5,7,14-19H2,1-4H3,(H,34,39)(H,37,38)/t24?,26-,32?/m1/s1. The van der Waals surface area contributed by atoms with Gasteiger partial charge in [0.25, 0.3) is 11.8 Å². The molecule has 8 heteroatoms. The van der Waals surface area contributed by atoms with Crippen LogP contribution in [0.25, 0.3) is 0 Å². The van der Waals surface area contributed by atoms with E-state index in [2.05, 4.69) is 33.0 Å². The summed E-state index contributed by atoms with van der Waals surface area (Å²) in [5.74, 6) is -1.38. The zero-order valence-electron chi connectivity index (χ0n) is 23.9. The number of amides is 2. The fraction of sp³-hybridized carbons (Fsp3) is 0.500. The molecule has 7 nitrogen and oxygen atoms in total. The van der Waals surface area contributed by atoms with Crippen LogP contribution in [0.5, 0.6) is 0 Å². The minimum absolute atomic E-state index is 0.0505. The molecule has 40 heavy (non-hydrogen) atoms. The maximum atomic E-state index is 14.2. The van der Waals surface area contributed by atoms with Crippen molar-refractivity contribution in [1.82, 2.24) is 10.2 Å². The Bertz CT molecular complexity index is 1270. The van der Waals surface area contributed by atoms with Crippen LogP contribution >= 0.6 is 0 Å². The van der Waals surface area contributed by atoms with Crippen molar-refractivity contribution >= 4 is 23.5 Å². The fourth-order valence-electron chi connectivity index (χ4n) is 6.13. The van der Waals surface area contributed by atoms with Crippen molar-refractivity contribution in [1.29, 1.82) is 0 Å². The molecule has 1 saturated carbocycles. The number of nitrogens with zero attached hydrogens (tertiary/aromatic N) is 2. The van der Waals surface area contributed by atoms with Gasteiger partial charge >= 0.3 is 5.97 Å². The summed E-state index contributed by atoms with van der Waals surface area (Å²) in [4.78, 5) is 44.5. The number of aliphatic imine (C=N–C) groups is 1. The van der Waals surface area contributed by atoms with Gasteiger partial charge in [-0.25, -0.2) is 4.39 Å².